The molecule has 0 radical (unpaired) electrons. The second-order valence-corrected chi connectivity index (χ2v) is 5.88. The lowest BCUT2D eigenvalue weighted by Crippen LogP contribution is -2.45. The van der Waals surface area contributed by atoms with Crippen LogP contribution in [0.5, 0.6) is 0 Å². The minimum Gasteiger partial charge on any atom is -0.361 e. The van der Waals surface area contributed by atoms with Crippen molar-refractivity contribution < 1.29 is 9.32 Å². The van der Waals surface area contributed by atoms with Gasteiger partial charge < -0.3 is 15.6 Å². The van der Waals surface area contributed by atoms with Gasteiger partial charge in [0.1, 0.15) is 5.76 Å². The van der Waals surface area contributed by atoms with Gasteiger partial charge in [0.25, 0.3) is 0 Å². The van der Waals surface area contributed by atoms with E-state index in [-0.39, 0.29) is 11.3 Å². The second-order valence-electron chi connectivity index (χ2n) is 5.88. The lowest BCUT2D eigenvalue weighted by atomic mass is 9.79. The summed E-state index contributed by atoms with van der Waals surface area (Å²) in [6.45, 7) is 4.66. The Morgan fingerprint density at radius 1 is 1.30 bits per heavy atom. The van der Waals surface area contributed by atoms with Gasteiger partial charge in [-0.1, -0.05) is 30.8 Å². The molecule has 0 spiro atoms. The number of aryl methyl sites for hydroxylation is 2. The summed E-state index contributed by atoms with van der Waals surface area (Å²) in [5, 5.41) is 6.95. The molecule has 0 bridgehead atoms. The summed E-state index contributed by atoms with van der Waals surface area (Å²) in [6.07, 6.45) is 6.40. The number of nitrogens with zero attached hydrogens (tertiary/aromatic N) is 1. The molecule has 3 N–H and O–H groups in total. The van der Waals surface area contributed by atoms with E-state index in [9.17, 15) is 4.79 Å². The van der Waals surface area contributed by atoms with Crippen LogP contribution in [0.15, 0.2) is 4.52 Å². The zero-order chi connectivity index (χ0) is 14.6. The predicted molar refractivity (Wildman–Crippen MR) is 77.0 cm³/mol. The van der Waals surface area contributed by atoms with E-state index in [1.54, 1.807) is 0 Å². The first-order valence-corrected chi connectivity index (χ1v) is 7.49. The van der Waals surface area contributed by atoms with Crippen LogP contribution in [0.4, 0.5) is 0 Å². The Morgan fingerprint density at radius 2 is 1.95 bits per heavy atom. The number of carbonyl (C=O) groups is 1. The van der Waals surface area contributed by atoms with Crippen LogP contribution >= 0.6 is 0 Å². The van der Waals surface area contributed by atoms with Gasteiger partial charge in [0.15, 0.2) is 0 Å². The van der Waals surface area contributed by atoms with E-state index >= 15 is 0 Å². The van der Waals surface area contributed by atoms with Crippen molar-refractivity contribution in [1.82, 2.24) is 10.5 Å². The van der Waals surface area contributed by atoms with Gasteiger partial charge in [-0.2, -0.15) is 0 Å². The molecule has 1 saturated carbocycles. The summed E-state index contributed by atoms with van der Waals surface area (Å²) in [5.41, 5.74) is 7.36. The van der Waals surface area contributed by atoms with Crippen molar-refractivity contribution >= 4 is 5.91 Å². The molecule has 112 valence electrons. The van der Waals surface area contributed by atoms with E-state index in [2.05, 4.69) is 10.5 Å². The van der Waals surface area contributed by atoms with Crippen molar-refractivity contribution in [2.24, 2.45) is 11.1 Å². The first-order chi connectivity index (χ1) is 9.59. The minimum absolute atomic E-state index is 0.0851. The van der Waals surface area contributed by atoms with Crippen LogP contribution in [-0.2, 0) is 11.3 Å². The molecule has 0 aromatic carbocycles. The van der Waals surface area contributed by atoms with Gasteiger partial charge in [0, 0.05) is 18.7 Å². The number of aromatic nitrogens is 1. The van der Waals surface area contributed by atoms with Crippen molar-refractivity contribution in [2.45, 2.75) is 58.9 Å². The van der Waals surface area contributed by atoms with Crippen LogP contribution < -0.4 is 11.1 Å². The predicted octanol–water partition coefficient (Wildman–Crippen LogP) is 2.21. The maximum Gasteiger partial charge on any atom is 0.227 e. The number of carbonyl (C=O) groups excluding carboxylic acids is 1. The summed E-state index contributed by atoms with van der Waals surface area (Å²) < 4.78 is 5.12. The summed E-state index contributed by atoms with van der Waals surface area (Å²) in [4.78, 5) is 12.6. The highest BCUT2D eigenvalue weighted by Crippen LogP contribution is 2.34. The molecular formula is C15H25N3O2. The number of nitrogens with two attached hydrogens (primary N) is 1. The normalized spacial score (nSPS) is 18.6. The van der Waals surface area contributed by atoms with E-state index < -0.39 is 0 Å². The summed E-state index contributed by atoms with van der Waals surface area (Å²) >= 11 is 0. The minimum atomic E-state index is -0.379. The molecule has 0 aliphatic heterocycles. The monoisotopic (exact) mass is 279 g/mol. The highest BCUT2D eigenvalue weighted by atomic mass is 16.5. The Bertz CT molecular complexity index is 440. The Labute approximate surface area is 120 Å². The number of hydrogen-bond acceptors (Lipinski definition) is 4. The highest BCUT2D eigenvalue weighted by molar-refractivity contribution is 5.83. The Kier molecular flexibility index (Phi) is 4.81. The van der Waals surface area contributed by atoms with E-state index in [0.717, 1.165) is 42.7 Å². The van der Waals surface area contributed by atoms with Crippen LogP contribution in [0.1, 0.15) is 55.5 Å². The van der Waals surface area contributed by atoms with Gasteiger partial charge in [0.05, 0.1) is 11.1 Å². The maximum atomic E-state index is 12.6. The van der Waals surface area contributed by atoms with Gasteiger partial charge in [-0.25, -0.2) is 0 Å². The smallest absolute Gasteiger partial charge is 0.227 e. The van der Waals surface area contributed by atoms with Crippen molar-refractivity contribution in [3.05, 3.63) is 17.0 Å². The third-order valence-electron chi connectivity index (χ3n) is 4.54. The standard InChI is InChI=1S/C15H25N3O2/c1-11-13(12(2)20-18-11)9-17-14(19)15(10-16)7-5-3-4-6-8-15/h3-10,16H2,1-2H3,(H,17,19). The molecule has 1 aliphatic carbocycles. The van der Waals surface area contributed by atoms with Crippen LogP contribution in [-0.4, -0.2) is 17.6 Å². The first-order valence-electron chi connectivity index (χ1n) is 7.49. The fourth-order valence-electron chi connectivity index (χ4n) is 3.04. The Morgan fingerprint density at radius 3 is 2.45 bits per heavy atom. The highest BCUT2D eigenvalue weighted by Gasteiger charge is 2.37. The Balaban J connectivity index is 2.02. The number of hydrogen-bond donors (Lipinski definition) is 2. The van der Waals surface area contributed by atoms with Gasteiger partial charge >= 0.3 is 0 Å². The lowest BCUT2D eigenvalue weighted by molar-refractivity contribution is -0.131. The molecular weight excluding hydrogens is 254 g/mol. The van der Waals surface area contributed by atoms with Gasteiger partial charge in [-0.15, -0.1) is 0 Å². The van der Waals surface area contributed by atoms with Crippen LogP contribution in [0.3, 0.4) is 0 Å². The molecule has 1 aliphatic rings. The summed E-state index contributed by atoms with van der Waals surface area (Å²) in [6, 6.07) is 0. The summed E-state index contributed by atoms with van der Waals surface area (Å²) in [7, 11) is 0. The van der Waals surface area contributed by atoms with E-state index in [1.165, 1.54) is 12.8 Å². The van der Waals surface area contributed by atoms with Crippen molar-refractivity contribution in [3.63, 3.8) is 0 Å². The topological polar surface area (TPSA) is 81.2 Å². The van der Waals surface area contributed by atoms with Gasteiger partial charge in [-0.3, -0.25) is 4.79 Å². The molecule has 1 aromatic heterocycles. The molecule has 0 unspecified atom stereocenters. The van der Waals surface area contributed by atoms with Crippen molar-refractivity contribution in [3.8, 4) is 0 Å². The Hall–Kier alpha value is -1.36. The lowest BCUT2D eigenvalue weighted by Gasteiger charge is -2.29. The third kappa shape index (κ3) is 3.03. The average molecular weight is 279 g/mol. The zero-order valence-electron chi connectivity index (χ0n) is 12.5. The molecule has 1 fully saturated rings. The van der Waals surface area contributed by atoms with Crippen LogP contribution in [0.25, 0.3) is 0 Å². The molecule has 0 saturated heterocycles. The quantitative estimate of drug-likeness (QED) is 0.828. The number of rotatable bonds is 4. The molecule has 1 amide bonds. The molecule has 2 rings (SSSR count). The fourth-order valence-corrected chi connectivity index (χ4v) is 3.04. The fraction of sp³-hybridized carbons (Fsp3) is 0.733. The first kappa shape index (κ1) is 15.0. The summed E-state index contributed by atoms with van der Waals surface area (Å²) in [5.74, 6) is 0.854. The number of nitrogens with one attached hydrogen (secondary N) is 1. The van der Waals surface area contributed by atoms with E-state index in [4.69, 9.17) is 10.3 Å². The average Bonchev–Trinajstić information content (AvgIpc) is 2.68. The molecule has 1 heterocycles. The van der Waals surface area contributed by atoms with Crippen molar-refractivity contribution in [2.75, 3.05) is 6.54 Å². The van der Waals surface area contributed by atoms with Crippen molar-refractivity contribution in [1.29, 1.82) is 0 Å². The largest absolute Gasteiger partial charge is 0.361 e. The maximum absolute atomic E-state index is 12.6. The van der Waals surface area contributed by atoms with Crippen LogP contribution in [0.2, 0.25) is 0 Å². The SMILES string of the molecule is Cc1noc(C)c1CNC(=O)C1(CN)CCCCCC1. The molecule has 5 heteroatoms. The van der Waals surface area contributed by atoms with E-state index in [1.807, 2.05) is 13.8 Å². The molecule has 1 aromatic rings. The number of amides is 1. The van der Waals surface area contributed by atoms with Gasteiger partial charge in [-0.05, 0) is 26.7 Å². The molecule has 5 nitrogen and oxygen atoms in total. The van der Waals surface area contributed by atoms with Crippen LogP contribution in [0, 0.1) is 19.3 Å². The second kappa shape index (κ2) is 6.39. The van der Waals surface area contributed by atoms with Gasteiger partial charge in [0.2, 0.25) is 5.91 Å². The van der Waals surface area contributed by atoms with E-state index in [0.29, 0.717) is 13.1 Å². The third-order valence-corrected chi connectivity index (χ3v) is 4.54. The zero-order valence-corrected chi connectivity index (χ0v) is 12.5. The molecule has 20 heavy (non-hydrogen) atoms. The molecule has 0 atom stereocenters.